The topological polar surface area (TPSA) is 48.5 Å². The normalized spacial score (nSPS) is 11.7. The van der Waals surface area contributed by atoms with E-state index in [1.165, 1.54) is 38.0 Å². The summed E-state index contributed by atoms with van der Waals surface area (Å²) >= 11 is 0. The molecular formula is C55H35N5. The molecule has 12 aromatic rings. The van der Waals surface area contributed by atoms with Crippen LogP contribution in [0.15, 0.2) is 212 Å². The first-order chi connectivity index (χ1) is 29.7. The Labute approximate surface area is 346 Å². The molecule has 0 aliphatic rings. The Morgan fingerprint density at radius 3 is 1.47 bits per heavy atom. The second kappa shape index (κ2) is 13.8. The average Bonchev–Trinajstić information content (AvgIpc) is 3.84. The summed E-state index contributed by atoms with van der Waals surface area (Å²) < 4.78 is 4.70. The minimum absolute atomic E-state index is 0.612. The third-order valence-corrected chi connectivity index (χ3v) is 11.8. The van der Waals surface area contributed by atoms with Crippen molar-refractivity contribution in [3.8, 4) is 56.7 Å². The number of hydrogen-bond donors (Lipinski definition) is 0. The predicted octanol–water partition coefficient (Wildman–Crippen LogP) is 13.9. The van der Waals surface area contributed by atoms with E-state index in [0.717, 1.165) is 55.6 Å². The van der Waals surface area contributed by atoms with Crippen LogP contribution in [0.2, 0.25) is 0 Å². The van der Waals surface area contributed by atoms with Gasteiger partial charge in [-0.2, -0.15) is 0 Å². The van der Waals surface area contributed by atoms with E-state index in [9.17, 15) is 0 Å². The van der Waals surface area contributed by atoms with Gasteiger partial charge in [0, 0.05) is 49.6 Å². The van der Waals surface area contributed by atoms with E-state index >= 15 is 0 Å². The minimum atomic E-state index is 0.612. The van der Waals surface area contributed by atoms with Gasteiger partial charge in [0.05, 0.1) is 22.1 Å². The van der Waals surface area contributed by atoms with E-state index < -0.39 is 0 Å². The summed E-state index contributed by atoms with van der Waals surface area (Å²) in [5, 5.41) is 7.24. The molecule has 0 amide bonds. The summed E-state index contributed by atoms with van der Waals surface area (Å²) in [6, 6.07) is 75.0. The molecule has 0 saturated heterocycles. The maximum Gasteiger partial charge on any atom is 0.166 e. The highest BCUT2D eigenvalue weighted by molar-refractivity contribution is 6.14. The van der Waals surface area contributed by atoms with E-state index in [1.807, 2.05) is 6.07 Å². The van der Waals surface area contributed by atoms with Crippen molar-refractivity contribution in [3.05, 3.63) is 212 Å². The number of para-hydroxylation sites is 4. The first-order valence-corrected chi connectivity index (χ1v) is 20.3. The van der Waals surface area contributed by atoms with Crippen LogP contribution in [-0.2, 0) is 0 Å². The SMILES string of the molecule is c1ccc(-c2ccc(-c3nc(-c4ccc(-n5c6ccccc6c6cc7ccccc7cc65)cc4)nc(-c4cccc5c6ccccc6n(-c6ccccc6)c45)n3)cc2)cc1. The zero-order valence-electron chi connectivity index (χ0n) is 32.4. The molecule has 280 valence electrons. The van der Waals surface area contributed by atoms with Gasteiger partial charge in [-0.15, -0.1) is 0 Å². The molecular weight excluding hydrogens is 731 g/mol. The molecule has 0 N–H and O–H groups in total. The van der Waals surface area contributed by atoms with E-state index in [-0.39, 0.29) is 0 Å². The molecule has 0 unspecified atom stereocenters. The lowest BCUT2D eigenvalue weighted by molar-refractivity contribution is 1.07. The van der Waals surface area contributed by atoms with Gasteiger partial charge in [-0.3, -0.25) is 0 Å². The molecule has 0 radical (unpaired) electrons. The zero-order chi connectivity index (χ0) is 39.6. The number of aromatic nitrogens is 5. The lowest BCUT2D eigenvalue weighted by Crippen LogP contribution is -2.02. The molecule has 0 spiro atoms. The third-order valence-electron chi connectivity index (χ3n) is 11.8. The monoisotopic (exact) mass is 765 g/mol. The zero-order valence-corrected chi connectivity index (χ0v) is 32.4. The highest BCUT2D eigenvalue weighted by atomic mass is 15.0. The Kier molecular flexibility index (Phi) is 7.78. The second-order valence-corrected chi connectivity index (χ2v) is 15.3. The summed E-state index contributed by atoms with van der Waals surface area (Å²) in [6.07, 6.45) is 0. The maximum absolute atomic E-state index is 5.30. The quantitative estimate of drug-likeness (QED) is 0.169. The highest BCUT2D eigenvalue weighted by Crippen LogP contribution is 2.39. The summed E-state index contributed by atoms with van der Waals surface area (Å²) in [5.41, 5.74) is 11.8. The Morgan fingerprint density at radius 2 is 0.767 bits per heavy atom. The molecule has 9 aromatic carbocycles. The van der Waals surface area contributed by atoms with Crippen LogP contribution in [-0.4, -0.2) is 24.1 Å². The van der Waals surface area contributed by atoms with Gasteiger partial charge in [0.25, 0.3) is 0 Å². The fraction of sp³-hybridized carbons (Fsp3) is 0. The molecule has 5 heteroatoms. The van der Waals surface area contributed by atoms with Gasteiger partial charge in [-0.1, -0.05) is 146 Å². The Hall–Kier alpha value is -8.15. The van der Waals surface area contributed by atoms with Crippen LogP contribution in [0.1, 0.15) is 0 Å². The molecule has 3 aromatic heterocycles. The van der Waals surface area contributed by atoms with Crippen LogP contribution in [0.4, 0.5) is 0 Å². The van der Waals surface area contributed by atoms with Gasteiger partial charge in [0.15, 0.2) is 17.5 Å². The molecule has 0 aliphatic heterocycles. The van der Waals surface area contributed by atoms with Crippen LogP contribution < -0.4 is 0 Å². The molecule has 0 atom stereocenters. The third kappa shape index (κ3) is 5.52. The summed E-state index contributed by atoms with van der Waals surface area (Å²) in [5.74, 6) is 1.85. The lowest BCUT2D eigenvalue weighted by Gasteiger charge is -2.13. The lowest BCUT2D eigenvalue weighted by atomic mass is 10.0. The van der Waals surface area contributed by atoms with Crippen molar-refractivity contribution in [1.82, 2.24) is 24.1 Å². The van der Waals surface area contributed by atoms with Crippen molar-refractivity contribution < 1.29 is 0 Å². The summed E-state index contributed by atoms with van der Waals surface area (Å²) in [6.45, 7) is 0. The van der Waals surface area contributed by atoms with Crippen LogP contribution >= 0.6 is 0 Å². The first-order valence-electron chi connectivity index (χ1n) is 20.3. The molecule has 12 rings (SSSR count). The number of nitrogens with zero attached hydrogens (tertiary/aromatic N) is 5. The number of hydrogen-bond acceptors (Lipinski definition) is 3. The fourth-order valence-electron chi connectivity index (χ4n) is 8.93. The van der Waals surface area contributed by atoms with Crippen LogP contribution in [0.5, 0.6) is 0 Å². The van der Waals surface area contributed by atoms with Gasteiger partial charge in [0.2, 0.25) is 0 Å². The van der Waals surface area contributed by atoms with E-state index in [4.69, 9.17) is 15.0 Å². The van der Waals surface area contributed by atoms with Gasteiger partial charge in [0.1, 0.15) is 0 Å². The van der Waals surface area contributed by atoms with Crippen LogP contribution in [0.25, 0.3) is 111 Å². The fourth-order valence-corrected chi connectivity index (χ4v) is 8.93. The molecule has 60 heavy (non-hydrogen) atoms. The molecule has 0 aliphatic carbocycles. The summed E-state index contributed by atoms with van der Waals surface area (Å²) in [7, 11) is 0. The van der Waals surface area contributed by atoms with Crippen molar-refractivity contribution in [2.45, 2.75) is 0 Å². The van der Waals surface area contributed by atoms with E-state index in [2.05, 4.69) is 215 Å². The van der Waals surface area contributed by atoms with E-state index in [1.54, 1.807) is 0 Å². The van der Waals surface area contributed by atoms with Crippen molar-refractivity contribution in [1.29, 1.82) is 0 Å². The average molecular weight is 766 g/mol. The van der Waals surface area contributed by atoms with E-state index in [0.29, 0.717) is 17.5 Å². The molecule has 3 heterocycles. The van der Waals surface area contributed by atoms with Gasteiger partial charge < -0.3 is 9.13 Å². The second-order valence-electron chi connectivity index (χ2n) is 15.3. The molecule has 0 saturated carbocycles. The van der Waals surface area contributed by atoms with Crippen molar-refractivity contribution in [3.63, 3.8) is 0 Å². The maximum atomic E-state index is 5.30. The molecule has 0 fully saturated rings. The highest BCUT2D eigenvalue weighted by Gasteiger charge is 2.20. The molecule has 0 bridgehead atoms. The predicted molar refractivity (Wildman–Crippen MR) is 248 cm³/mol. The van der Waals surface area contributed by atoms with Crippen LogP contribution in [0, 0.1) is 0 Å². The van der Waals surface area contributed by atoms with Gasteiger partial charge >= 0.3 is 0 Å². The number of benzene rings is 9. The van der Waals surface area contributed by atoms with Crippen molar-refractivity contribution in [2.75, 3.05) is 0 Å². The number of rotatable bonds is 6. The largest absolute Gasteiger partial charge is 0.309 e. The number of fused-ring (bicyclic) bond motifs is 7. The molecule has 5 nitrogen and oxygen atoms in total. The Bertz CT molecular complexity index is 3570. The minimum Gasteiger partial charge on any atom is -0.309 e. The Morgan fingerprint density at radius 1 is 0.283 bits per heavy atom. The van der Waals surface area contributed by atoms with Gasteiger partial charge in [-0.05, 0) is 88.6 Å². The van der Waals surface area contributed by atoms with Crippen molar-refractivity contribution >= 4 is 54.4 Å². The Balaban J connectivity index is 1.05. The van der Waals surface area contributed by atoms with Crippen molar-refractivity contribution in [2.24, 2.45) is 0 Å². The smallest absolute Gasteiger partial charge is 0.166 e. The van der Waals surface area contributed by atoms with Gasteiger partial charge in [-0.25, -0.2) is 15.0 Å². The standard InChI is InChI=1S/C55H35N5/c1-3-14-36(15-4-1)37-26-28-38(29-27-37)53-56-54(58-55(57-53)47-23-13-22-46-44-20-9-12-25-50(44)60(52(46)47)42-18-5-2-6-19-42)39-30-32-43(33-31-39)59-49-24-11-10-21-45(49)48-34-40-16-7-8-17-41(40)35-51(48)59/h1-35H. The summed E-state index contributed by atoms with van der Waals surface area (Å²) in [4.78, 5) is 15.8. The first kappa shape index (κ1) is 33.9. The van der Waals surface area contributed by atoms with Crippen LogP contribution in [0.3, 0.4) is 0 Å².